The number of rotatable bonds is 6. The van der Waals surface area contributed by atoms with Crippen LogP contribution in [0.5, 0.6) is 0 Å². The van der Waals surface area contributed by atoms with E-state index in [1.807, 2.05) is 0 Å². The number of anilines is 1. The van der Waals surface area contributed by atoms with Crippen molar-refractivity contribution in [3.63, 3.8) is 0 Å². The molecule has 3 N–H and O–H groups in total. The van der Waals surface area contributed by atoms with Crippen molar-refractivity contribution in [1.82, 2.24) is 10.9 Å². The van der Waals surface area contributed by atoms with Crippen molar-refractivity contribution in [3.8, 4) is 0 Å². The van der Waals surface area contributed by atoms with Gasteiger partial charge in [-0.1, -0.05) is 47.5 Å². The summed E-state index contributed by atoms with van der Waals surface area (Å²) in [4.78, 5) is 24.6. The predicted octanol–water partition coefficient (Wildman–Crippen LogP) is 3.86. The first kappa shape index (κ1) is 22.1. The highest BCUT2D eigenvalue weighted by Crippen LogP contribution is 2.23. The van der Waals surface area contributed by atoms with Gasteiger partial charge >= 0.3 is 0 Å². The van der Waals surface area contributed by atoms with Gasteiger partial charge in [-0.05, 0) is 41.3 Å². The molecule has 1 aromatic heterocycles. The SMILES string of the molecule is O=C(Cc1ccc(Cl)c(Cl)c1)NNC(=O)c1ccccc1NS(=O)(=O)c1cccs1. The van der Waals surface area contributed by atoms with E-state index in [1.165, 1.54) is 18.2 Å². The largest absolute Gasteiger partial charge is 0.278 e. The molecule has 0 aliphatic heterocycles. The minimum atomic E-state index is -3.83. The van der Waals surface area contributed by atoms with E-state index in [0.717, 1.165) is 11.3 Å². The number of thiophene rings is 1. The molecule has 2 amide bonds. The number of nitrogens with one attached hydrogen (secondary N) is 3. The molecule has 0 fully saturated rings. The monoisotopic (exact) mass is 483 g/mol. The Morgan fingerprint density at radius 2 is 1.70 bits per heavy atom. The second-order valence-corrected chi connectivity index (χ2v) is 9.68. The number of amides is 2. The summed E-state index contributed by atoms with van der Waals surface area (Å²) in [6.07, 6.45) is -0.0379. The summed E-state index contributed by atoms with van der Waals surface area (Å²) in [5, 5.41) is 2.32. The number of para-hydroxylation sites is 1. The molecule has 0 atom stereocenters. The molecule has 11 heteroatoms. The van der Waals surface area contributed by atoms with Crippen molar-refractivity contribution in [3.05, 3.63) is 81.1 Å². The van der Waals surface area contributed by atoms with E-state index in [2.05, 4.69) is 15.6 Å². The van der Waals surface area contributed by atoms with Gasteiger partial charge in [-0.25, -0.2) is 8.42 Å². The van der Waals surface area contributed by atoms with Gasteiger partial charge in [0.1, 0.15) is 4.21 Å². The highest BCUT2D eigenvalue weighted by atomic mass is 35.5. The molecule has 2 aromatic carbocycles. The van der Waals surface area contributed by atoms with Gasteiger partial charge in [0.15, 0.2) is 0 Å². The molecule has 0 saturated heterocycles. The van der Waals surface area contributed by atoms with Crippen molar-refractivity contribution < 1.29 is 18.0 Å². The van der Waals surface area contributed by atoms with Gasteiger partial charge in [-0.2, -0.15) is 0 Å². The number of hydrazine groups is 1. The summed E-state index contributed by atoms with van der Waals surface area (Å²) in [6.45, 7) is 0. The number of carbonyl (C=O) groups is 2. The van der Waals surface area contributed by atoms with Crippen molar-refractivity contribution in [1.29, 1.82) is 0 Å². The number of sulfonamides is 1. The Morgan fingerprint density at radius 3 is 2.40 bits per heavy atom. The highest BCUT2D eigenvalue weighted by molar-refractivity contribution is 7.94. The minimum absolute atomic E-state index is 0.0379. The fourth-order valence-corrected chi connectivity index (χ4v) is 4.85. The summed E-state index contributed by atoms with van der Waals surface area (Å²) in [5.41, 5.74) is 5.31. The number of halogens is 2. The zero-order valence-electron chi connectivity index (χ0n) is 15.2. The van der Waals surface area contributed by atoms with Gasteiger partial charge in [0.2, 0.25) is 5.91 Å². The Morgan fingerprint density at radius 1 is 0.933 bits per heavy atom. The lowest BCUT2D eigenvalue weighted by Gasteiger charge is -2.12. The first-order chi connectivity index (χ1) is 14.3. The fraction of sp³-hybridized carbons (Fsp3) is 0.0526. The van der Waals surface area contributed by atoms with Crippen LogP contribution < -0.4 is 15.6 Å². The van der Waals surface area contributed by atoms with Gasteiger partial charge in [-0.15, -0.1) is 11.3 Å². The van der Waals surface area contributed by atoms with Gasteiger partial charge in [-0.3, -0.25) is 25.2 Å². The maximum atomic E-state index is 12.5. The van der Waals surface area contributed by atoms with E-state index in [-0.39, 0.29) is 21.9 Å². The highest BCUT2D eigenvalue weighted by Gasteiger charge is 2.19. The fourth-order valence-electron chi connectivity index (χ4n) is 2.45. The number of benzene rings is 2. The summed E-state index contributed by atoms with van der Waals surface area (Å²) < 4.78 is 27.4. The molecule has 1 heterocycles. The molecule has 0 saturated carbocycles. The van der Waals surface area contributed by atoms with E-state index in [1.54, 1.807) is 41.8 Å². The van der Waals surface area contributed by atoms with E-state index >= 15 is 0 Å². The van der Waals surface area contributed by atoms with Crippen molar-refractivity contribution in [2.45, 2.75) is 10.6 Å². The molecule has 0 radical (unpaired) electrons. The molecular formula is C19H15Cl2N3O4S2. The summed E-state index contributed by atoms with van der Waals surface area (Å²) in [5.74, 6) is -1.17. The molecule has 0 aliphatic rings. The number of carbonyl (C=O) groups excluding carboxylic acids is 2. The maximum absolute atomic E-state index is 12.5. The average molecular weight is 484 g/mol. The minimum Gasteiger partial charge on any atom is -0.278 e. The van der Waals surface area contributed by atoms with Gasteiger partial charge in [0.05, 0.1) is 27.7 Å². The van der Waals surface area contributed by atoms with Crippen LogP contribution in [0.15, 0.2) is 64.2 Å². The number of hydrogen-bond acceptors (Lipinski definition) is 5. The average Bonchev–Trinajstić information content (AvgIpc) is 3.25. The van der Waals surface area contributed by atoms with E-state index in [0.29, 0.717) is 15.6 Å². The van der Waals surface area contributed by atoms with Crippen LogP contribution in [0.3, 0.4) is 0 Å². The summed E-state index contributed by atoms with van der Waals surface area (Å²) in [7, 11) is -3.83. The third-order valence-corrected chi connectivity index (χ3v) is 7.34. The van der Waals surface area contributed by atoms with E-state index in [9.17, 15) is 18.0 Å². The molecule has 0 spiro atoms. The molecule has 0 unspecified atom stereocenters. The smallest absolute Gasteiger partial charge is 0.271 e. The molecule has 0 bridgehead atoms. The first-order valence-corrected chi connectivity index (χ1v) is 11.6. The van der Waals surface area contributed by atoms with Crippen LogP contribution in [0.1, 0.15) is 15.9 Å². The summed E-state index contributed by atoms with van der Waals surface area (Å²) >= 11 is 12.8. The van der Waals surface area contributed by atoms with Crippen LogP contribution in [-0.4, -0.2) is 20.2 Å². The Hall–Kier alpha value is -2.59. The lowest BCUT2D eigenvalue weighted by molar-refractivity contribution is -0.121. The third kappa shape index (κ3) is 5.51. The molecular weight excluding hydrogens is 469 g/mol. The van der Waals surface area contributed by atoms with Crippen LogP contribution in [0.25, 0.3) is 0 Å². The van der Waals surface area contributed by atoms with E-state index < -0.39 is 21.8 Å². The van der Waals surface area contributed by atoms with Gasteiger partial charge in [0, 0.05) is 0 Å². The molecule has 7 nitrogen and oxygen atoms in total. The molecule has 0 aliphatic carbocycles. The third-order valence-electron chi connectivity index (χ3n) is 3.84. The zero-order chi connectivity index (χ0) is 21.7. The van der Waals surface area contributed by atoms with Crippen LogP contribution >= 0.6 is 34.5 Å². The standard InChI is InChI=1S/C19H15Cl2N3O4S2/c20-14-8-7-12(10-15(14)21)11-17(25)22-23-19(26)13-4-1-2-5-16(13)24-30(27,28)18-6-3-9-29-18/h1-10,24H,11H2,(H,22,25)(H,23,26). The Balaban J connectivity index is 1.66. The van der Waals surface area contributed by atoms with Gasteiger partial charge < -0.3 is 0 Å². The van der Waals surface area contributed by atoms with Crippen molar-refractivity contribution in [2.24, 2.45) is 0 Å². The van der Waals surface area contributed by atoms with Crippen LogP contribution in [-0.2, 0) is 21.2 Å². The molecule has 30 heavy (non-hydrogen) atoms. The van der Waals surface area contributed by atoms with Gasteiger partial charge in [0.25, 0.3) is 15.9 Å². The lowest BCUT2D eigenvalue weighted by Crippen LogP contribution is -2.42. The second-order valence-electron chi connectivity index (χ2n) is 6.01. The predicted molar refractivity (Wildman–Crippen MR) is 117 cm³/mol. The van der Waals surface area contributed by atoms with Crippen molar-refractivity contribution >= 4 is 62.1 Å². The Labute approximate surface area is 187 Å². The normalized spacial score (nSPS) is 11.0. The second kappa shape index (κ2) is 9.48. The zero-order valence-corrected chi connectivity index (χ0v) is 18.3. The quantitative estimate of drug-likeness (QED) is 0.462. The topological polar surface area (TPSA) is 104 Å². The number of hydrogen-bond donors (Lipinski definition) is 3. The van der Waals surface area contributed by atoms with Crippen LogP contribution in [0, 0.1) is 0 Å². The van der Waals surface area contributed by atoms with Crippen LogP contribution in [0.4, 0.5) is 5.69 Å². The van der Waals surface area contributed by atoms with E-state index in [4.69, 9.17) is 23.2 Å². The summed E-state index contributed by atoms with van der Waals surface area (Å²) in [6, 6.07) is 13.9. The lowest BCUT2D eigenvalue weighted by atomic mass is 10.1. The first-order valence-electron chi connectivity index (χ1n) is 8.45. The Bertz CT molecular complexity index is 1180. The molecule has 3 aromatic rings. The maximum Gasteiger partial charge on any atom is 0.271 e. The molecule has 156 valence electrons. The molecule has 3 rings (SSSR count). The Kier molecular flexibility index (Phi) is 6.99. The van der Waals surface area contributed by atoms with Crippen molar-refractivity contribution in [2.75, 3.05) is 4.72 Å². The van der Waals surface area contributed by atoms with Crippen LogP contribution in [0.2, 0.25) is 10.0 Å².